The Morgan fingerprint density at radius 1 is 1.00 bits per heavy atom. The molecule has 0 heterocycles. The Hall–Kier alpha value is -2.82. The number of nitrogens with one attached hydrogen (secondary N) is 1. The topological polar surface area (TPSA) is 58.6 Å². The molecular formula is C27H36N2O3. The van der Waals surface area contributed by atoms with Crippen LogP contribution in [0.25, 0.3) is 0 Å². The molecule has 1 aliphatic rings. The Labute approximate surface area is 192 Å². The maximum atomic E-state index is 13.2. The zero-order valence-corrected chi connectivity index (χ0v) is 19.8. The standard InChI is InChI=1S/C27H36N2O3/c1-19-10-13-23(14-11-19)17-29(22(4)27(31)28-24-8-6-5-7-9-24)26(30)18-32-25-15-12-20(2)21(3)16-25/h10-16,22,24H,5-9,17-18H2,1-4H3,(H,28,31)/t22-/m0/s1. The second kappa shape index (κ2) is 11.2. The van der Waals surface area contributed by atoms with Crippen molar-refractivity contribution in [2.24, 2.45) is 0 Å². The minimum absolute atomic E-state index is 0.0939. The third-order valence-corrected chi connectivity index (χ3v) is 6.43. The summed E-state index contributed by atoms with van der Waals surface area (Å²) >= 11 is 0. The molecule has 5 nitrogen and oxygen atoms in total. The maximum Gasteiger partial charge on any atom is 0.261 e. The number of nitrogens with zero attached hydrogens (tertiary/aromatic N) is 1. The summed E-state index contributed by atoms with van der Waals surface area (Å²) in [5.74, 6) is 0.370. The molecule has 0 aromatic heterocycles. The molecule has 0 radical (unpaired) electrons. The molecule has 1 saturated carbocycles. The van der Waals surface area contributed by atoms with Crippen LogP contribution in [0.15, 0.2) is 42.5 Å². The summed E-state index contributed by atoms with van der Waals surface area (Å²) in [7, 11) is 0. The first-order valence-corrected chi connectivity index (χ1v) is 11.7. The minimum atomic E-state index is -0.575. The second-order valence-electron chi connectivity index (χ2n) is 9.06. The van der Waals surface area contributed by atoms with Crippen LogP contribution < -0.4 is 10.1 Å². The number of hydrogen-bond acceptors (Lipinski definition) is 3. The Kier molecular flexibility index (Phi) is 8.32. The Balaban J connectivity index is 1.70. The van der Waals surface area contributed by atoms with E-state index >= 15 is 0 Å². The highest BCUT2D eigenvalue weighted by atomic mass is 16.5. The first-order valence-electron chi connectivity index (χ1n) is 11.7. The molecule has 0 aliphatic heterocycles. The number of carbonyl (C=O) groups is 2. The van der Waals surface area contributed by atoms with E-state index in [9.17, 15) is 9.59 Å². The van der Waals surface area contributed by atoms with Crippen LogP contribution in [0.1, 0.15) is 61.3 Å². The molecule has 1 N–H and O–H groups in total. The lowest BCUT2D eigenvalue weighted by molar-refractivity contribution is -0.142. The van der Waals surface area contributed by atoms with Crippen LogP contribution in [0.4, 0.5) is 0 Å². The number of hydrogen-bond donors (Lipinski definition) is 1. The minimum Gasteiger partial charge on any atom is -0.484 e. The Morgan fingerprint density at radius 3 is 2.34 bits per heavy atom. The third kappa shape index (κ3) is 6.59. The highest BCUT2D eigenvalue weighted by molar-refractivity contribution is 5.88. The molecule has 32 heavy (non-hydrogen) atoms. The molecule has 2 amide bonds. The molecule has 1 atom stereocenters. The van der Waals surface area contributed by atoms with Crippen LogP contribution in [-0.4, -0.2) is 35.4 Å². The average Bonchev–Trinajstić information content (AvgIpc) is 2.79. The van der Waals surface area contributed by atoms with Crippen molar-refractivity contribution in [1.82, 2.24) is 10.2 Å². The molecule has 0 unspecified atom stereocenters. The van der Waals surface area contributed by atoms with Crippen LogP contribution in [0.5, 0.6) is 5.75 Å². The first kappa shape index (κ1) is 23.8. The summed E-state index contributed by atoms with van der Waals surface area (Å²) in [6.45, 7) is 8.17. The predicted octanol–water partition coefficient (Wildman–Crippen LogP) is 4.86. The molecule has 2 aromatic carbocycles. The number of amides is 2. The van der Waals surface area contributed by atoms with Crippen LogP contribution in [0.2, 0.25) is 0 Å². The van der Waals surface area contributed by atoms with Crippen molar-refractivity contribution in [2.75, 3.05) is 6.61 Å². The number of benzene rings is 2. The second-order valence-corrected chi connectivity index (χ2v) is 9.06. The fourth-order valence-electron chi connectivity index (χ4n) is 4.07. The van der Waals surface area contributed by atoms with E-state index in [4.69, 9.17) is 4.74 Å². The molecule has 3 rings (SSSR count). The number of rotatable bonds is 8. The number of ether oxygens (including phenoxy) is 1. The van der Waals surface area contributed by atoms with Crippen molar-refractivity contribution in [3.8, 4) is 5.75 Å². The molecule has 0 saturated heterocycles. The first-order chi connectivity index (χ1) is 15.3. The van der Waals surface area contributed by atoms with Crippen LogP contribution in [0, 0.1) is 20.8 Å². The van der Waals surface area contributed by atoms with Gasteiger partial charge < -0.3 is 15.0 Å². The van der Waals surface area contributed by atoms with Gasteiger partial charge in [-0.1, -0.05) is 55.2 Å². The number of carbonyl (C=O) groups excluding carboxylic acids is 2. The zero-order valence-electron chi connectivity index (χ0n) is 19.8. The van der Waals surface area contributed by atoms with Crippen molar-refractivity contribution in [3.05, 3.63) is 64.7 Å². The van der Waals surface area contributed by atoms with Gasteiger partial charge in [-0.05, 0) is 69.4 Å². The van der Waals surface area contributed by atoms with Crippen LogP contribution >= 0.6 is 0 Å². The van der Waals surface area contributed by atoms with Gasteiger partial charge in [-0.2, -0.15) is 0 Å². The number of aryl methyl sites for hydroxylation is 3. The summed E-state index contributed by atoms with van der Waals surface area (Å²) in [6, 6.07) is 13.5. The van der Waals surface area contributed by atoms with Gasteiger partial charge in [-0.25, -0.2) is 0 Å². The summed E-state index contributed by atoms with van der Waals surface area (Å²) < 4.78 is 5.80. The highest BCUT2D eigenvalue weighted by Crippen LogP contribution is 2.19. The van der Waals surface area contributed by atoms with Gasteiger partial charge in [0.25, 0.3) is 5.91 Å². The van der Waals surface area contributed by atoms with E-state index in [0.717, 1.165) is 42.4 Å². The average molecular weight is 437 g/mol. The fourth-order valence-corrected chi connectivity index (χ4v) is 4.07. The van der Waals surface area contributed by atoms with E-state index in [1.165, 1.54) is 12.0 Å². The molecule has 0 bridgehead atoms. The Bertz CT molecular complexity index is 917. The molecule has 2 aromatic rings. The summed E-state index contributed by atoms with van der Waals surface area (Å²) in [5.41, 5.74) is 4.45. The molecule has 0 spiro atoms. The van der Waals surface area contributed by atoms with Gasteiger partial charge in [-0.3, -0.25) is 9.59 Å². The molecule has 5 heteroatoms. The summed E-state index contributed by atoms with van der Waals surface area (Å²) in [4.78, 5) is 27.8. The smallest absolute Gasteiger partial charge is 0.261 e. The van der Waals surface area contributed by atoms with Crippen molar-refractivity contribution in [2.45, 2.75) is 78.4 Å². The van der Waals surface area contributed by atoms with Gasteiger partial charge >= 0.3 is 0 Å². The van der Waals surface area contributed by atoms with Gasteiger partial charge in [0.15, 0.2) is 6.61 Å². The van der Waals surface area contributed by atoms with Crippen molar-refractivity contribution < 1.29 is 14.3 Å². The van der Waals surface area contributed by atoms with Crippen molar-refractivity contribution in [1.29, 1.82) is 0 Å². The lowest BCUT2D eigenvalue weighted by atomic mass is 9.95. The van der Waals surface area contributed by atoms with E-state index in [0.29, 0.717) is 12.3 Å². The van der Waals surface area contributed by atoms with E-state index in [1.807, 2.05) is 63.2 Å². The quantitative estimate of drug-likeness (QED) is 0.643. The largest absolute Gasteiger partial charge is 0.484 e. The molecular weight excluding hydrogens is 400 g/mol. The lowest BCUT2D eigenvalue weighted by Gasteiger charge is -2.31. The van der Waals surface area contributed by atoms with Gasteiger partial charge in [0.1, 0.15) is 11.8 Å². The predicted molar refractivity (Wildman–Crippen MR) is 128 cm³/mol. The third-order valence-electron chi connectivity index (χ3n) is 6.43. The van der Waals surface area contributed by atoms with E-state index in [-0.39, 0.29) is 24.5 Å². The van der Waals surface area contributed by atoms with Gasteiger partial charge in [0, 0.05) is 12.6 Å². The van der Waals surface area contributed by atoms with Crippen LogP contribution in [-0.2, 0) is 16.1 Å². The normalized spacial score (nSPS) is 15.1. The lowest BCUT2D eigenvalue weighted by Crippen LogP contribution is -2.51. The molecule has 172 valence electrons. The fraction of sp³-hybridized carbons (Fsp3) is 0.481. The van der Waals surface area contributed by atoms with E-state index in [1.54, 1.807) is 11.8 Å². The van der Waals surface area contributed by atoms with Crippen molar-refractivity contribution in [3.63, 3.8) is 0 Å². The van der Waals surface area contributed by atoms with Gasteiger partial charge in [0.2, 0.25) is 5.91 Å². The van der Waals surface area contributed by atoms with Gasteiger partial charge in [-0.15, -0.1) is 0 Å². The molecule has 1 aliphatic carbocycles. The van der Waals surface area contributed by atoms with E-state index in [2.05, 4.69) is 5.32 Å². The SMILES string of the molecule is Cc1ccc(CN(C(=O)COc2ccc(C)c(C)c2)[C@@H](C)C(=O)NC2CCCCC2)cc1. The Morgan fingerprint density at radius 2 is 1.69 bits per heavy atom. The molecule has 1 fully saturated rings. The summed E-state index contributed by atoms with van der Waals surface area (Å²) in [5, 5.41) is 3.16. The highest BCUT2D eigenvalue weighted by Gasteiger charge is 2.28. The zero-order chi connectivity index (χ0) is 23.1. The summed E-state index contributed by atoms with van der Waals surface area (Å²) in [6.07, 6.45) is 5.56. The van der Waals surface area contributed by atoms with Crippen molar-refractivity contribution >= 4 is 11.8 Å². The van der Waals surface area contributed by atoms with Crippen LogP contribution in [0.3, 0.4) is 0 Å². The van der Waals surface area contributed by atoms with E-state index < -0.39 is 6.04 Å². The van der Waals surface area contributed by atoms with Gasteiger partial charge in [0.05, 0.1) is 0 Å². The maximum absolute atomic E-state index is 13.2. The monoisotopic (exact) mass is 436 g/mol.